The molecular formula is C12H21NO4S. The molecule has 1 aliphatic carbocycles. The second kappa shape index (κ2) is 5.38. The largest absolute Gasteiger partial charge is 0.481 e. The van der Waals surface area contributed by atoms with Crippen molar-refractivity contribution in [2.45, 2.75) is 33.2 Å². The topological polar surface area (TPSA) is 83.5 Å². The monoisotopic (exact) mass is 275 g/mol. The van der Waals surface area contributed by atoms with Crippen LogP contribution in [0.25, 0.3) is 0 Å². The zero-order valence-electron chi connectivity index (χ0n) is 11.2. The molecular weight excluding hydrogens is 254 g/mol. The second-order valence-electron chi connectivity index (χ2n) is 5.59. The number of carbonyl (C=O) groups excluding carboxylic acids is 1. The Hall–Kier alpha value is -0.910. The number of carbonyl (C=O) groups is 2. The summed E-state index contributed by atoms with van der Waals surface area (Å²) in [7, 11) is -0.871. The average molecular weight is 275 g/mol. The van der Waals surface area contributed by atoms with Gasteiger partial charge >= 0.3 is 5.97 Å². The molecule has 1 aliphatic rings. The van der Waals surface area contributed by atoms with Crippen molar-refractivity contribution < 1.29 is 18.9 Å². The molecule has 0 spiro atoms. The lowest BCUT2D eigenvalue weighted by molar-refractivity contribution is -0.140. The minimum absolute atomic E-state index is 0.0766. The molecule has 0 aromatic heterocycles. The number of aliphatic carboxylic acids is 1. The number of nitrogens with one attached hydrogen (secondary N) is 1. The van der Waals surface area contributed by atoms with Gasteiger partial charge in [-0.1, -0.05) is 13.8 Å². The maximum absolute atomic E-state index is 11.9. The number of hydrogen-bond acceptors (Lipinski definition) is 3. The molecule has 104 valence electrons. The maximum atomic E-state index is 11.9. The van der Waals surface area contributed by atoms with Crippen molar-refractivity contribution in [3.8, 4) is 0 Å². The van der Waals surface area contributed by atoms with E-state index in [1.54, 1.807) is 20.1 Å². The van der Waals surface area contributed by atoms with Crippen LogP contribution in [0.5, 0.6) is 0 Å². The number of carboxylic acids is 1. The van der Waals surface area contributed by atoms with Crippen LogP contribution in [0.2, 0.25) is 0 Å². The first-order chi connectivity index (χ1) is 8.17. The summed E-state index contributed by atoms with van der Waals surface area (Å²) >= 11 is 0. The molecule has 0 aromatic carbocycles. The molecule has 0 aromatic rings. The highest BCUT2D eigenvalue weighted by atomic mass is 32.2. The number of amides is 1. The summed E-state index contributed by atoms with van der Waals surface area (Å²) < 4.78 is 10.9. The third kappa shape index (κ3) is 3.31. The molecule has 0 saturated heterocycles. The number of rotatable bonds is 6. The van der Waals surface area contributed by atoms with E-state index in [1.807, 2.05) is 6.92 Å². The summed E-state index contributed by atoms with van der Waals surface area (Å²) in [5, 5.41) is 11.8. The van der Waals surface area contributed by atoms with E-state index >= 15 is 0 Å². The Kier molecular flexibility index (Phi) is 4.53. The van der Waals surface area contributed by atoms with Crippen LogP contribution in [-0.2, 0) is 20.4 Å². The molecule has 1 rings (SSSR count). The Morgan fingerprint density at radius 3 is 2.33 bits per heavy atom. The van der Waals surface area contributed by atoms with Gasteiger partial charge in [-0.3, -0.25) is 13.8 Å². The molecule has 0 heterocycles. The Balaban J connectivity index is 2.47. The Morgan fingerprint density at radius 1 is 1.39 bits per heavy atom. The first kappa shape index (κ1) is 15.1. The fourth-order valence-electron chi connectivity index (χ4n) is 2.34. The quantitative estimate of drug-likeness (QED) is 0.744. The zero-order valence-corrected chi connectivity index (χ0v) is 12.0. The summed E-state index contributed by atoms with van der Waals surface area (Å²) in [6, 6.07) is -0.0766. The molecule has 0 bridgehead atoms. The van der Waals surface area contributed by atoms with E-state index in [9.17, 15) is 13.8 Å². The molecule has 0 radical (unpaired) electrons. The highest BCUT2D eigenvalue weighted by Gasteiger charge is 2.65. The van der Waals surface area contributed by atoms with Gasteiger partial charge in [0.25, 0.3) is 0 Å². The third-order valence-corrected chi connectivity index (χ3v) is 4.41. The normalized spacial score (nSPS) is 28.2. The lowest BCUT2D eigenvalue weighted by atomic mass is 10.1. The van der Waals surface area contributed by atoms with Crippen LogP contribution >= 0.6 is 0 Å². The summed E-state index contributed by atoms with van der Waals surface area (Å²) in [4.78, 5) is 22.9. The number of hydrogen-bond donors (Lipinski definition) is 2. The Labute approximate surface area is 110 Å². The van der Waals surface area contributed by atoms with E-state index in [-0.39, 0.29) is 11.9 Å². The molecule has 2 N–H and O–H groups in total. The van der Waals surface area contributed by atoms with Crippen LogP contribution in [0.15, 0.2) is 0 Å². The van der Waals surface area contributed by atoms with Crippen molar-refractivity contribution >= 4 is 22.7 Å². The predicted octanol–water partition coefficient (Wildman–Crippen LogP) is 0.616. The fourth-order valence-corrected chi connectivity index (χ4v) is 3.02. The Morgan fingerprint density at radius 2 is 1.94 bits per heavy atom. The van der Waals surface area contributed by atoms with Gasteiger partial charge in [-0.25, -0.2) is 0 Å². The fraction of sp³-hybridized carbons (Fsp3) is 0.833. The van der Waals surface area contributed by atoms with Gasteiger partial charge in [0.2, 0.25) is 5.91 Å². The van der Waals surface area contributed by atoms with Gasteiger partial charge in [0.1, 0.15) is 0 Å². The zero-order chi connectivity index (χ0) is 14.1. The molecule has 18 heavy (non-hydrogen) atoms. The van der Waals surface area contributed by atoms with E-state index in [0.717, 1.165) is 0 Å². The van der Waals surface area contributed by atoms with Gasteiger partial charge in [0, 0.05) is 28.9 Å². The van der Waals surface area contributed by atoms with Crippen molar-refractivity contribution in [1.29, 1.82) is 0 Å². The smallest absolute Gasteiger partial charge is 0.307 e. The summed E-state index contributed by atoms with van der Waals surface area (Å²) in [6.45, 7) is 5.43. The lowest BCUT2D eigenvalue weighted by Crippen LogP contribution is -2.35. The van der Waals surface area contributed by atoms with Crippen molar-refractivity contribution in [2.24, 2.45) is 17.3 Å². The summed E-state index contributed by atoms with van der Waals surface area (Å²) in [5.74, 6) is -1.63. The minimum atomic E-state index is -0.914. The molecule has 1 saturated carbocycles. The van der Waals surface area contributed by atoms with Gasteiger partial charge in [-0.15, -0.1) is 0 Å². The van der Waals surface area contributed by atoms with Crippen LogP contribution in [0.3, 0.4) is 0 Å². The van der Waals surface area contributed by atoms with Gasteiger partial charge in [0.15, 0.2) is 0 Å². The minimum Gasteiger partial charge on any atom is -0.481 e. The first-order valence-corrected chi connectivity index (χ1v) is 7.73. The van der Waals surface area contributed by atoms with E-state index in [1.165, 1.54) is 0 Å². The summed E-state index contributed by atoms with van der Waals surface area (Å²) in [6.07, 6.45) is 2.26. The maximum Gasteiger partial charge on any atom is 0.307 e. The van der Waals surface area contributed by atoms with Crippen LogP contribution in [0.1, 0.15) is 27.2 Å². The van der Waals surface area contributed by atoms with Crippen molar-refractivity contribution in [1.82, 2.24) is 5.32 Å². The van der Waals surface area contributed by atoms with Gasteiger partial charge in [-0.05, 0) is 18.8 Å². The molecule has 4 atom stereocenters. The lowest BCUT2D eigenvalue weighted by Gasteiger charge is -2.13. The molecule has 6 heteroatoms. The van der Waals surface area contributed by atoms with Gasteiger partial charge in [0.05, 0.1) is 11.8 Å². The average Bonchev–Trinajstić information content (AvgIpc) is 2.78. The highest BCUT2D eigenvalue weighted by molar-refractivity contribution is 7.84. The van der Waals surface area contributed by atoms with Crippen molar-refractivity contribution in [3.05, 3.63) is 0 Å². The van der Waals surface area contributed by atoms with Crippen LogP contribution in [0.4, 0.5) is 0 Å². The van der Waals surface area contributed by atoms with E-state index in [2.05, 4.69) is 5.32 Å². The number of carboxylic acid groups (broad SMARTS) is 1. The third-order valence-electron chi connectivity index (χ3n) is 3.60. The van der Waals surface area contributed by atoms with Gasteiger partial charge < -0.3 is 10.4 Å². The molecule has 5 nitrogen and oxygen atoms in total. The van der Waals surface area contributed by atoms with Crippen LogP contribution in [-0.4, -0.2) is 39.2 Å². The van der Waals surface area contributed by atoms with Crippen molar-refractivity contribution in [2.75, 3.05) is 12.0 Å². The van der Waals surface area contributed by atoms with Crippen LogP contribution in [0, 0.1) is 17.3 Å². The van der Waals surface area contributed by atoms with Gasteiger partial charge in [-0.2, -0.15) is 0 Å². The van der Waals surface area contributed by atoms with Crippen LogP contribution < -0.4 is 5.32 Å². The summed E-state index contributed by atoms with van der Waals surface area (Å²) in [5.41, 5.74) is -0.469. The molecule has 1 fully saturated rings. The SMILES string of the molecule is CC(CCS(C)=O)NC(=O)C1C(C(=O)O)C1(C)C. The molecule has 4 unspecified atom stereocenters. The van der Waals surface area contributed by atoms with E-state index < -0.39 is 34.0 Å². The first-order valence-electron chi connectivity index (χ1n) is 6.01. The predicted molar refractivity (Wildman–Crippen MR) is 69.6 cm³/mol. The Bertz CT molecular complexity index is 380. The highest BCUT2D eigenvalue weighted by Crippen LogP contribution is 2.58. The standard InChI is InChI=1S/C12H21NO4S/c1-7(5-6-18(4)17)13-10(14)8-9(11(15)16)12(8,2)3/h7-9H,5-6H2,1-4H3,(H,13,14)(H,15,16). The van der Waals surface area contributed by atoms with E-state index in [4.69, 9.17) is 5.11 Å². The molecule has 0 aliphatic heterocycles. The second-order valence-corrected chi connectivity index (χ2v) is 7.15. The molecule has 1 amide bonds. The van der Waals surface area contributed by atoms with Crippen molar-refractivity contribution in [3.63, 3.8) is 0 Å². The van der Waals surface area contributed by atoms with E-state index in [0.29, 0.717) is 12.2 Å².